The Labute approximate surface area is 96.1 Å². The van der Waals surface area contributed by atoms with Gasteiger partial charge in [0.1, 0.15) is 5.01 Å². The maximum atomic E-state index is 11.5. The fraction of sp³-hybridized carbons (Fsp3) is 0.333. The van der Waals surface area contributed by atoms with Gasteiger partial charge < -0.3 is 5.32 Å². The first-order valence-corrected chi connectivity index (χ1v) is 5.74. The fourth-order valence-corrected chi connectivity index (χ4v) is 1.97. The first kappa shape index (κ1) is 10.7. The molecule has 0 aliphatic heterocycles. The van der Waals surface area contributed by atoms with E-state index in [4.69, 9.17) is 0 Å². The Bertz CT molecular complexity index is 464. The summed E-state index contributed by atoms with van der Waals surface area (Å²) in [6, 6.07) is 0. The zero-order valence-corrected chi connectivity index (χ0v) is 9.54. The predicted molar refractivity (Wildman–Crippen MR) is 59.0 cm³/mol. The molecule has 1 amide bonds. The average molecular weight is 237 g/mol. The quantitative estimate of drug-likeness (QED) is 0.822. The van der Waals surface area contributed by atoms with Crippen molar-refractivity contribution in [3.8, 4) is 0 Å². The van der Waals surface area contributed by atoms with Gasteiger partial charge in [-0.2, -0.15) is 15.4 Å². The van der Waals surface area contributed by atoms with Crippen LogP contribution in [0.1, 0.15) is 28.1 Å². The number of carbonyl (C=O) groups excluding carboxylic acids is 1. The van der Waals surface area contributed by atoms with Crippen molar-refractivity contribution in [2.45, 2.75) is 19.9 Å². The largest absolute Gasteiger partial charge is 0.344 e. The first-order valence-electron chi connectivity index (χ1n) is 4.87. The van der Waals surface area contributed by atoms with Crippen LogP contribution in [0.4, 0.5) is 0 Å². The molecule has 0 aliphatic carbocycles. The molecule has 2 rings (SSSR count). The van der Waals surface area contributed by atoms with E-state index in [1.54, 1.807) is 11.3 Å². The third-order valence-corrected chi connectivity index (χ3v) is 2.91. The lowest BCUT2D eigenvalue weighted by atomic mass is 10.4. The van der Waals surface area contributed by atoms with Crippen LogP contribution in [-0.2, 0) is 13.0 Å². The average Bonchev–Trinajstić information content (AvgIpc) is 2.96. The molecule has 0 bridgehead atoms. The van der Waals surface area contributed by atoms with E-state index in [2.05, 4.69) is 25.7 Å². The highest BCUT2D eigenvalue weighted by atomic mass is 32.1. The first-order chi connectivity index (χ1) is 7.79. The number of nitrogens with one attached hydrogen (secondary N) is 2. The van der Waals surface area contributed by atoms with Gasteiger partial charge in [-0.3, -0.25) is 4.79 Å². The Morgan fingerprint density at radius 2 is 2.50 bits per heavy atom. The van der Waals surface area contributed by atoms with Crippen LogP contribution in [0.25, 0.3) is 0 Å². The van der Waals surface area contributed by atoms with Gasteiger partial charge in [0.25, 0.3) is 5.91 Å². The molecule has 0 radical (unpaired) electrons. The SMILES string of the molecule is CCc1csc(CNC(=O)c2cn[nH]n2)n1. The number of carbonyl (C=O) groups is 1. The molecule has 0 saturated heterocycles. The monoisotopic (exact) mass is 237 g/mol. The number of rotatable bonds is 4. The van der Waals surface area contributed by atoms with Gasteiger partial charge in [0, 0.05) is 5.38 Å². The van der Waals surface area contributed by atoms with Gasteiger partial charge in [0.2, 0.25) is 0 Å². The van der Waals surface area contributed by atoms with Crippen molar-refractivity contribution in [2.75, 3.05) is 0 Å². The van der Waals surface area contributed by atoms with Crippen molar-refractivity contribution in [1.29, 1.82) is 0 Å². The highest BCUT2D eigenvalue weighted by Gasteiger charge is 2.08. The van der Waals surface area contributed by atoms with Gasteiger partial charge >= 0.3 is 0 Å². The Hall–Kier alpha value is -1.76. The number of aromatic amines is 1. The van der Waals surface area contributed by atoms with E-state index < -0.39 is 0 Å². The molecule has 0 atom stereocenters. The van der Waals surface area contributed by atoms with Crippen LogP contribution in [0.3, 0.4) is 0 Å². The van der Waals surface area contributed by atoms with Gasteiger partial charge in [0.15, 0.2) is 5.69 Å². The molecule has 0 saturated carbocycles. The third-order valence-electron chi connectivity index (χ3n) is 2.01. The van der Waals surface area contributed by atoms with Crippen LogP contribution in [-0.4, -0.2) is 26.3 Å². The number of hydrogen-bond donors (Lipinski definition) is 2. The van der Waals surface area contributed by atoms with E-state index in [0.717, 1.165) is 17.1 Å². The summed E-state index contributed by atoms with van der Waals surface area (Å²) in [7, 11) is 0. The van der Waals surface area contributed by atoms with E-state index in [1.165, 1.54) is 6.20 Å². The normalized spacial score (nSPS) is 10.3. The lowest BCUT2D eigenvalue weighted by Gasteiger charge is -1.98. The smallest absolute Gasteiger partial charge is 0.273 e. The Morgan fingerprint density at radius 3 is 3.12 bits per heavy atom. The lowest BCUT2D eigenvalue weighted by molar-refractivity contribution is 0.0946. The van der Waals surface area contributed by atoms with Crippen molar-refractivity contribution in [3.05, 3.63) is 28.0 Å². The molecule has 2 heterocycles. The van der Waals surface area contributed by atoms with Crippen LogP contribution in [0.2, 0.25) is 0 Å². The minimum Gasteiger partial charge on any atom is -0.344 e. The number of hydrogen-bond acceptors (Lipinski definition) is 5. The highest BCUT2D eigenvalue weighted by Crippen LogP contribution is 2.09. The molecule has 84 valence electrons. The molecule has 0 aromatic carbocycles. The molecule has 16 heavy (non-hydrogen) atoms. The summed E-state index contributed by atoms with van der Waals surface area (Å²) in [5, 5.41) is 15.3. The topological polar surface area (TPSA) is 83.6 Å². The Balaban J connectivity index is 1.90. The fourth-order valence-electron chi connectivity index (χ4n) is 1.15. The van der Waals surface area contributed by atoms with Crippen molar-refractivity contribution < 1.29 is 4.79 Å². The summed E-state index contributed by atoms with van der Waals surface area (Å²) in [6.45, 7) is 2.48. The number of amides is 1. The maximum Gasteiger partial charge on any atom is 0.273 e. The molecular formula is C9H11N5OS. The predicted octanol–water partition coefficient (Wildman–Crippen LogP) is 0.754. The molecule has 0 aliphatic rings. The minimum absolute atomic E-state index is 0.248. The van der Waals surface area contributed by atoms with Crippen LogP contribution >= 0.6 is 11.3 Å². The van der Waals surface area contributed by atoms with Crippen molar-refractivity contribution in [3.63, 3.8) is 0 Å². The van der Waals surface area contributed by atoms with Gasteiger partial charge in [-0.05, 0) is 6.42 Å². The molecule has 0 fully saturated rings. The second kappa shape index (κ2) is 4.84. The number of aryl methyl sites for hydroxylation is 1. The molecule has 7 heteroatoms. The molecule has 0 unspecified atom stereocenters. The van der Waals surface area contributed by atoms with Crippen LogP contribution in [0, 0.1) is 0 Å². The molecule has 2 aromatic heterocycles. The van der Waals surface area contributed by atoms with Crippen molar-refractivity contribution in [1.82, 2.24) is 25.7 Å². The number of nitrogens with zero attached hydrogens (tertiary/aromatic N) is 3. The Kier molecular flexibility index (Phi) is 3.25. The highest BCUT2D eigenvalue weighted by molar-refractivity contribution is 7.09. The van der Waals surface area contributed by atoms with Gasteiger partial charge in [-0.1, -0.05) is 6.92 Å². The van der Waals surface area contributed by atoms with E-state index in [1.807, 2.05) is 12.3 Å². The standard InChI is InChI=1S/C9H11N5OS/c1-2-6-5-16-8(12-6)4-10-9(15)7-3-11-14-13-7/h3,5H,2,4H2,1H3,(H,10,15)(H,11,13,14). The van der Waals surface area contributed by atoms with Gasteiger partial charge in [-0.15, -0.1) is 11.3 Å². The maximum absolute atomic E-state index is 11.5. The number of aromatic nitrogens is 4. The van der Waals surface area contributed by atoms with Crippen LogP contribution in [0.15, 0.2) is 11.6 Å². The van der Waals surface area contributed by atoms with Crippen molar-refractivity contribution >= 4 is 17.2 Å². The summed E-state index contributed by atoms with van der Waals surface area (Å²) in [6.07, 6.45) is 2.29. The van der Waals surface area contributed by atoms with Crippen molar-refractivity contribution in [2.24, 2.45) is 0 Å². The summed E-state index contributed by atoms with van der Waals surface area (Å²) in [4.78, 5) is 15.8. The number of thiazole rings is 1. The second-order valence-corrected chi connectivity index (χ2v) is 4.07. The van der Waals surface area contributed by atoms with E-state index in [-0.39, 0.29) is 11.6 Å². The van der Waals surface area contributed by atoms with Gasteiger partial charge in [0.05, 0.1) is 18.4 Å². The summed E-state index contributed by atoms with van der Waals surface area (Å²) in [5.41, 5.74) is 1.34. The van der Waals surface area contributed by atoms with Crippen LogP contribution in [0.5, 0.6) is 0 Å². The molecular weight excluding hydrogens is 226 g/mol. The van der Waals surface area contributed by atoms with Crippen LogP contribution < -0.4 is 5.32 Å². The Morgan fingerprint density at radius 1 is 1.62 bits per heavy atom. The molecule has 2 aromatic rings. The third kappa shape index (κ3) is 2.43. The van der Waals surface area contributed by atoms with E-state index in [0.29, 0.717) is 6.54 Å². The van der Waals surface area contributed by atoms with E-state index >= 15 is 0 Å². The summed E-state index contributed by atoms with van der Waals surface area (Å²) in [5.74, 6) is -0.248. The lowest BCUT2D eigenvalue weighted by Crippen LogP contribution is -2.23. The molecule has 6 nitrogen and oxygen atoms in total. The zero-order chi connectivity index (χ0) is 11.4. The summed E-state index contributed by atoms with van der Waals surface area (Å²) >= 11 is 1.54. The second-order valence-electron chi connectivity index (χ2n) is 3.12. The number of H-pyrrole nitrogens is 1. The molecule has 2 N–H and O–H groups in total. The zero-order valence-electron chi connectivity index (χ0n) is 8.73. The van der Waals surface area contributed by atoms with Gasteiger partial charge in [-0.25, -0.2) is 4.98 Å². The molecule has 0 spiro atoms. The summed E-state index contributed by atoms with van der Waals surface area (Å²) < 4.78 is 0. The van der Waals surface area contributed by atoms with E-state index in [9.17, 15) is 4.79 Å². The minimum atomic E-state index is -0.248.